The molecule has 2 heterocycles. The van der Waals surface area contributed by atoms with Gasteiger partial charge in [-0.25, -0.2) is 14.2 Å². The van der Waals surface area contributed by atoms with Gasteiger partial charge in [0.25, 0.3) is 0 Å². The van der Waals surface area contributed by atoms with E-state index >= 15 is 4.39 Å². The molecule has 1 aromatic heterocycles. The van der Waals surface area contributed by atoms with E-state index in [1.165, 1.54) is 14.2 Å². The number of methoxy groups -OCH3 is 2. The van der Waals surface area contributed by atoms with Crippen LogP contribution in [0.15, 0.2) is 24.3 Å². The molecule has 0 N–H and O–H groups in total. The largest absolute Gasteiger partial charge is 0.493 e. The first-order valence-electron chi connectivity index (χ1n) is 12.7. The lowest BCUT2D eigenvalue weighted by molar-refractivity contribution is -0.0868. The summed E-state index contributed by atoms with van der Waals surface area (Å²) in [5.74, 6) is -0.0110. The third-order valence-corrected chi connectivity index (χ3v) is 6.53. The number of unbranched alkanes of at least 4 members (excludes halogenated alkanes) is 2. The number of ether oxygens (including phenoxy) is 5. The maximum Gasteiger partial charge on any atom is 0.337 e. The molecule has 0 amide bonds. The second-order valence-corrected chi connectivity index (χ2v) is 9.46. The molecule has 4 rings (SSSR count). The molecule has 1 aliphatic heterocycles. The summed E-state index contributed by atoms with van der Waals surface area (Å²) in [4.78, 5) is 17.0. The SMILES string of the molecule is CCCCOc1c(OC)cc(-c2nc3ccc(C(=O)OC)cc3n2C2(C)COC2)c(F)c1OCCCC. The van der Waals surface area contributed by atoms with Gasteiger partial charge in [0.1, 0.15) is 5.82 Å². The van der Waals surface area contributed by atoms with Crippen molar-refractivity contribution in [3.63, 3.8) is 0 Å². The fourth-order valence-electron chi connectivity index (χ4n) is 4.38. The fourth-order valence-corrected chi connectivity index (χ4v) is 4.38. The van der Waals surface area contributed by atoms with E-state index in [1.807, 2.05) is 18.4 Å². The van der Waals surface area contributed by atoms with Gasteiger partial charge in [0, 0.05) is 0 Å². The van der Waals surface area contributed by atoms with E-state index in [0.29, 0.717) is 54.6 Å². The van der Waals surface area contributed by atoms with Crippen molar-refractivity contribution in [1.82, 2.24) is 9.55 Å². The van der Waals surface area contributed by atoms with Gasteiger partial charge in [-0.15, -0.1) is 0 Å². The zero-order chi connectivity index (χ0) is 26.6. The van der Waals surface area contributed by atoms with Crippen molar-refractivity contribution in [3.8, 4) is 28.6 Å². The van der Waals surface area contributed by atoms with Crippen LogP contribution in [0.4, 0.5) is 4.39 Å². The number of aromatic nitrogens is 2. The minimum Gasteiger partial charge on any atom is -0.493 e. The number of hydrogen-bond donors (Lipinski definition) is 0. The first kappa shape index (κ1) is 26.7. The molecule has 0 saturated carbocycles. The Morgan fingerprint density at radius 3 is 2.32 bits per heavy atom. The van der Waals surface area contributed by atoms with Crippen LogP contribution >= 0.6 is 0 Å². The summed E-state index contributed by atoms with van der Waals surface area (Å²) in [6, 6.07) is 6.71. The Morgan fingerprint density at radius 2 is 1.76 bits per heavy atom. The molecule has 9 heteroatoms. The molecule has 1 saturated heterocycles. The number of benzene rings is 2. The van der Waals surface area contributed by atoms with Gasteiger partial charge in [0.2, 0.25) is 11.5 Å². The van der Waals surface area contributed by atoms with Crippen LogP contribution in [0, 0.1) is 5.82 Å². The smallest absolute Gasteiger partial charge is 0.337 e. The Bertz CT molecular complexity index is 1270. The van der Waals surface area contributed by atoms with Gasteiger partial charge in [-0.1, -0.05) is 26.7 Å². The number of rotatable bonds is 12. The normalized spacial score (nSPS) is 14.3. The number of esters is 1. The van der Waals surface area contributed by atoms with Crippen molar-refractivity contribution < 1.29 is 32.9 Å². The highest BCUT2D eigenvalue weighted by atomic mass is 19.1. The highest BCUT2D eigenvalue weighted by molar-refractivity contribution is 5.94. The Morgan fingerprint density at radius 1 is 1.08 bits per heavy atom. The molecule has 1 fully saturated rings. The summed E-state index contributed by atoms with van der Waals surface area (Å²) in [6.45, 7) is 7.72. The number of carbonyl (C=O) groups is 1. The number of halogens is 1. The molecule has 3 aromatic rings. The lowest BCUT2D eigenvalue weighted by Crippen LogP contribution is -2.49. The molecule has 1 aliphatic rings. The molecule has 0 bridgehead atoms. The quantitative estimate of drug-likeness (QED) is 0.225. The highest BCUT2D eigenvalue weighted by Crippen LogP contribution is 2.46. The van der Waals surface area contributed by atoms with Crippen LogP contribution in [-0.4, -0.2) is 56.2 Å². The molecule has 0 spiro atoms. The summed E-state index contributed by atoms with van der Waals surface area (Å²) in [6.07, 6.45) is 3.43. The van der Waals surface area contributed by atoms with Gasteiger partial charge >= 0.3 is 5.97 Å². The summed E-state index contributed by atoms with van der Waals surface area (Å²) >= 11 is 0. The monoisotopic (exact) mass is 514 g/mol. The van der Waals surface area contributed by atoms with Crippen LogP contribution in [0.1, 0.15) is 56.8 Å². The first-order chi connectivity index (χ1) is 17.9. The molecule has 37 heavy (non-hydrogen) atoms. The average molecular weight is 515 g/mol. The van der Waals surface area contributed by atoms with E-state index in [4.69, 9.17) is 28.7 Å². The Kier molecular flexibility index (Phi) is 8.22. The summed E-state index contributed by atoms with van der Waals surface area (Å²) < 4.78 is 46.3. The minimum absolute atomic E-state index is 0.0165. The number of nitrogens with zero attached hydrogens (tertiary/aromatic N) is 2. The van der Waals surface area contributed by atoms with Crippen molar-refractivity contribution in [3.05, 3.63) is 35.6 Å². The molecule has 8 nitrogen and oxygen atoms in total. The lowest BCUT2D eigenvalue weighted by atomic mass is 9.98. The second-order valence-electron chi connectivity index (χ2n) is 9.46. The average Bonchev–Trinajstić information content (AvgIpc) is 3.27. The van der Waals surface area contributed by atoms with E-state index < -0.39 is 17.3 Å². The number of fused-ring (bicyclic) bond motifs is 1. The Hall–Kier alpha value is -3.33. The predicted octanol–water partition coefficient (Wildman–Crippen LogP) is 5.74. The molecule has 0 unspecified atom stereocenters. The number of carbonyl (C=O) groups excluding carboxylic acids is 1. The van der Waals surface area contributed by atoms with Crippen LogP contribution in [0.2, 0.25) is 0 Å². The van der Waals surface area contributed by atoms with Crippen molar-refractivity contribution in [2.24, 2.45) is 0 Å². The number of imidazole rings is 1. The van der Waals surface area contributed by atoms with Crippen molar-refractivity contribution in [1.29, 1.82) is 0 Å². The lowest BCUT2D eigenvalue weighted by Gasteiger charge is -2.41. The third kappa shape index (κ3) is 5.09. The van der Waals surface area contributed by atoms with Gasteiger partial charge in [0.15, 0.2) is 11.6 Å². The van der Waals surface area contributed by atoms with Gasteiger partial charge in [-0.05, 0) is 44.0 Å². The van der Waals surface area contributed by atoms with Crippen molar-refractivity contribution in [2.75, 3.05) is 40.6 Å². The van der Waals surface area contributed by atoms with Crippen LogP contribution in [0.5, 0.6) is 17.2 Å². The van der Waals surface area contributed by atoms with E-state index in [-0.39, 0.29) is 17.1 Å². The maximum atomic E-state index is 16.3. The summed E-state index contributed by atoms with van der Waals surface area (Å²) in [5.41, 5.74) is 1.41. The van der Waals surface area contributed by atoms with Gasteiger partial charge in [0.05, 0.1) is 68.3 Å². The molecular formula is C28H35FN2O6. The topological polar surface area (TPSA) is 81.0 Å². The zero-order valence-corrected chi connectivity index (χ0v) is 22.2. The van der Waals surface area contributed by atoms with E-state index in [1.54, 1.807) is 24.3 Å². The van der Waals surface area contributed by atoms with Gasteiger partial charge < -0.3 is 28.3 Å². The molecule has 0 radical (unpaired) electrons. The Labute approximate surface area is 216 Å². The fraction of sp³-hybridized carbons (Fsp3) is 0.500. The van der Waals surface area contributed by atoms with Crippen LogP contribution < -0.4 is 14.2 Å². The molecular weight excluding hydrogens is 479 g/mol. The molecule has 200 valence electrons. The van der Waals surface area contributed by atoms with Crippen LogP contribution in [0.3, 0.4) is 0 Å². The van der Waals surface area contributed by atoms with Crippen LogP contribution in [0.25, 0.3) is 22.4 Å². The summed E-state index contributed by atoms with van der Waals surface area (Å²) in [7, 11) is 2.86. The van der Waals surface area contributed by atoms with Crippen molar-refractivity contribution in [2.45, 2.75) is 52.0 Å². The maximum absolute atomic E-state index is 16.3. The predicted molar refractivity (Wildman–Crippen MR) is 138 cm³/mol. The van der Waals surface area contributed by atoms with E-state index in [2.05, 4.69) is 6.92 Å². The van der Waals surface area contributed by atoms with Crippen molar-refractivity contribution >= 4 is 17.0 Å². The van der Waals surface area contributed by atoms with Gasteiger partial charge in [-0.2, -0.15) is 0 Å². The molecule has 2 aromatic carbocycles. The van der Waals surface area contributed by atoms with Gasteiger partial charge in [-0.3, -0.25) is 0 Å². The van der Waals surface area contributed by atoms with Crippen LogP contribution in [-0.2, 0) is 15.0 Å². The molecule has 0 atom stereocenters. The second kappa shape index (κ2) is 11.4. The standard InChI is InChI=1S/C28H35FN2O6/c1-6-8-12-36-24-22(33-4)15-19(23(29)25(24)37-13-9-7-2)26-30-20-11-10-18(27(32)34-5)14-21(20)31(26)28(3)16-35-17-28/h10-11,14-15H,6-9,12-13,16-17H2,1-5H3. The zero-order valence-electron chi connectivity index (χ0n) is 22.2. The van der Waals surface area contributed by atoms with E-state index in [0.717, 1.165) is 25.7 Å². The highest BCUT2D eigenvalue weighted by Gasteiger charge is 2.40. The first-order valence-corrected chi connectivity index (χ1v) is 12.7. The third-order valence-electron chi connectivity index (χ3n) is 6.53. The molecule has 0 aliphatic carbocycles. The van der Waals surface area contributed by atoms with E-state index in [9.17, 15) is 4.79 Å². The Balaban J connectivity index is 1.94. The minimum atomic E-state index is -0.572. The number of hydrogen-bond acceptors (Lipinski definition) is 7. The summed E-state index contributed by atoms with van der Waals surface area (Å²) in [5, 5.41) is 0.